The van der Waals surface area contributed by atoms with Gasteiger partial charge in [-0.05, 0) is 20.8 Å². The summed E-state index contributed by atoms with van der Waals surface area (Å²) in [6.07, 6.45) is 3.80. The van der Waals surface area contributed by atoms with Gasteiger partial charge in [0.05, 0.1) is 24.8 Å². The van der Waals surface area contributed by atoms with E-state index in [0.29, 0.717) is 12.6 Å². The third kappa shape index (κ3) is 3.45. The molecule has 1 unspecified atom stereocenters. The van der Waals surface area contributed by atoms with Gasteiger partial charge in [-0.15, -0.1) is 11.3 Å². The lowest BCUT2D eigenvalue weighted by Gasteiger charge is -2.20. The minimum Gasteiger partial charge on any atom is -0.383 e. The van der Waals surface area contributed by atoms with Gasteiger partial charge in [0.1, 0.15) is 11.0 Å². The topological polar surface area (TPSA) is 52.0 Å². The van der Waals surface area contributed by atoms with Crippen molar-refractivity contribution < 1.29 is 4.74 Å². The molecule has 2 rings (SSSR count). The van der Waals surface area contributed by atoms with Gasteiger partial charge in [0.2, 0.25) is 0 Å². The van der Waals surface area contributed by atoms with Crippen molar-refractivity contribution in [1.29, 1.82) is 0 Å². The number of aromatic nitrogens is 3. The first-order chi connectivity index (χ1) is 9.63. The molecule has 0 aromatic carbocycles. The van der Waals surface area contributed by atoms with Gasteiger partial charge in [0.15, 0.2) is 0 Å². The SMILES string of the molecule is COCCNC(c1nc(C)cs1)c1cncn1C(C)C. The average Bonchev–Trinajstić information content (AvgIpc) is 3.03. The Morgan fingerprint density at radius 3 is 2.85 bits per heavy atom. The van der Waals surface area contributed by atoms with Crippen LogP contribution >= 0.6 is 11.3 Å². The molecule has 0 aliphatic rings. The maximum absolute atomic E-state index is 5.13. The number of methoxy groups -OCH3 is 1. The Bertz CT molecular complexity index is 535. The molecule has 0 aliphatic heterocycles. The summed E-state index contributed by atoms with van der Waals surface area (Å²) < 4.78 is 7.31. The Morgan fingerprint density at radius 1 is 1.45 bits per heavy atom. The van der Waals surface area contributed by atoms with Crippen molar-refractivity contribution in [3.63, 3.8) is 0 Å². The Kier molecular flexibility index (Phi) is 5.28. The zero-order chi connectivity index (χ0) is 14.5. The van der Waals surface area contributed by atoms with Crippen molar-refractivity contribution in [2.75, 3.05) is 20.3 Å². The van der Waals surface area contributed by atoms with Crippen molar-refractivity contribution in [3.8, 4) is 0 Å². The zero-order valence-electron chi connectivity index (χ0n) is 12.5. The van der Waals surface area contributed by atoms with Crippen LogP contribution in [0.2, 0.25) is 0 Å². The number of nitrogens with zero attached hydrogens (tertiary/aromatic N) is 3. The van der Waals surface area contributed by atoms with Gasteiger partial charge in [-0.3, -0.25) is 0 Å². The number of ether oxygens (including phenoxy) is 1. The van der Waals surface area contributed by atoms with Crippen molar-refractivity contribution in [3.05, 3.63) is 34.3 Å². The number of nitrogens with one attached hydrogen (secondary N) is 1. The molecule has 0 bridgehead atoms. The second-order valence-corrected chi connectivity index (χ2v) is 5.92. The van der Waals surface area contributed by atoms with E-state index < -0.39 is 0 Å². The molecule has 20 heavy (non-hydrogen) atoms. The third-order valence-electron chi connectivity index (χ3n) is 3.09. The van der Waals surface area contributed by atoms with Crippen LogP contribution in [-0.4, -0.2) is 34.8 Å². The number of rotatable bonds is 7. The smallest absolute Gasteiger partial charge is 0.116 e. The molecule has 0 amide bonds. The summed E-state index contributed by atoms with van der Waals surface area (Å²) in [5.74, 6) is 0. The molecule has 2 heterocycles. The number of imidazole rings is 1. The van der Waals surface area contributed by atoms with E-state index in [1.54, 1.807) is 18.4 Å². The largest absolute Gasteiger partial charge is 0.383 e. The Morgan fingerprint density at radius 2 is 2.25 bits per heavy atom. The second kappa shape index (κ2) is 6.97. The number of thiazole rings is 1. The standard InChI is InChI=1S/C14H22N4OS/c1-10(2)18-9-15-7-12(18)13(16-5-6-19-4)14-17-11(3)8-20-14/h7-10,13,16H,5-6H2,1-4H3. The number of hydrogen-bond donors (Lipinski definition) is 1. The Hall–Kier alpha value is -1.24. The van der Waals surface area contributed by atoms with E-state index in [1.807, 2.05) is 19.4 Å². The van der Waals surface area contributed by atoms with E-state index in [0.717, 1.165) is 22.9 Å². The van der Waals surface area contributed by atoms with E-state index in [2.05, 4.69) is 39.1 Å². The van der Waals surface area contributed by atoms with Crippen LogP contribution in [0.3, 0.4) is 0 Å². The number of aryl methyl sites for hydroxylation is 1. The van der Waals surface area contributed by atoms with E-state index in [4.69, 9.17) is 4.74 Å². The molecular formula is C14H22N4OS. The zero-order valence-corrected chi connectivity index (χ0v) is 13.3. The molecule has 2 aromatic heterocycles. The van der Waals surface area contributed by atoms with Gasteiger partial charge in [0.25, 0.3) is 0 Å². The Labute approximate surface area is 124 Å². The first-order valence-corrected chi connectivity index (χ1v) is 7.67. The van der Waals surface area contributed by atoms with Gasteiger partial charge < -0.3 is 14.6 Å². The van der Waals surface area contributed by atoms with Crippen molar-refractivity contribution >= 4 is 11.3 Å². The van der Waals surface area contributed by atoms with Crippen molar-refractivity contribution in [2.45, 2.75) is 32.9 Å². The van der Waals surface area contributed by atoms with E-state index in [1.165, 1.54) is 0 Å². The molecule has 110 valence electrons. The molecule has 0 saturated heterocycles. The molecule has 1 atom stereocenters. The second-order valence-electron chi connectivity index (χ2n) is 5.03. The molecule has 0 fully saturated rings. The highest BCUT2D eigenvalue weighted by molar-refractivity contribution is 7.09. The molecule has 6 heteroatoms. The Balaban J connectivity index is 2.28. The monoisotopic (exact) mass is 294 g/mol. The summed E-state index contributed by atoms with van der Waals surface area (Å²) in [5.41, 5.74) is 2.20. The molecule has 0 aliphatic carbocycles. The fourth-order valence-electron chi connectivity index (χ4n) is 2.10. The third-order valence-corrected chi connectivity index (χ3v) is 4.11. The van der Waals surface area contributed by atoms with Crippen LogP contribution < -0.4 is 5.32 Å². The highest BCUT2D eigenvalue weighted by Gasteiger charge is 2.21. The van der Waals surface area contributed by atoms with E-state index in [9.17, 15) is 0 Å². The number of hydrogen-bond acceptors (Lipinski definition) is 5. The van der Waals surface area contributed by atoms with E-state index in [-0.39, 0.29) is 6.04 Å². The highest BCUT2D eigenvalue weighted by atomic mass is 32.1. The minimum atomic E-state index is 0.0637. The van der Waals surface area contributed by atoms with Crippen LogP contribution in [0, 0.1) is 6.92 Å². The van der Waals surface area contributed by atoms with Gasteiger partial charge in [-0.2, -0.15) is 0 Å². The van der Waals surface area contributed by atoms with E-state index >= 15 is 0 Å². The average molecular weight is 294 g/mol. The quantitative estimate of drug-likeness (QED) is 0.797. The molecule has 0 saturated carbocycles. The van der Waals surface area contributed by atoms with Gasteiger partial charge in [-0.1, -0.05) is 0 Å². The van der Waals surface area contributed by atoms with Crippen LogP contribution in [0.5, 0.6) is 0 Å². The fourth-order valence-corrected chi connectivity index (χ4v) is 2.98. The summed E-state index contributed by atoms with van der Waals surface area (Å²) in [4.78, 5) is 8.91. The summed E-state index contributed by atoms with van der Waals surface area (Å²) in [6, 6.07) is 0.439. The van der Waals surface area contributed by atoms with Crippen LogP contribution in [0.25, 0.3) is 0 Å². The predicted octanol–water partition coefficient (Wildman–Crippen LogP) is 2.55. The van der Waals surface area contributed by atoms with Crippen LogP contribution in [0.4, 0.5) is 0 Å². The highest BCUT2D eigenvalue weighted by Crippen LogP contribution is 2.26. The maximum Gasteiger partial charge on any atom is 0.116 e. The molecule has 5 nitrogen and oxygen atoms in total. The molecular weight excluding hydrogens is 272 g/mol. The van der Waals surface area contributed by atoms with Gasteiger partial charge in [0, 0.05) is 30.8 Å². The molecule has 1 N–H and O–H groups in total. The first kappa shape index (κ1) is 15.2. The summed E-state index contributed by atoms with van der Waals surface area (Å²) in [7, 11) is 1.71. The molecule has 0 spiro atoms. The van der Waals surface area contributed by atoms with Crippen LogP contribution in [0.1, 0.15) is 42.3 Å². The molecule has 0 radical (unpaired) electrons. The normalized spacial score (nSPS) is 13.1. The van der Waals surface area contributed by atoms with Gasteiger partial charge in [-0.25, -0.2) is 9.97 Å². The van der Waals surface area contributed by atoms with Crippen molar-refractivity contribution in [2.24, 2.45) is 0 Å². The molecule has 2 aromatic rings. The summed E-state index contributed by atoms with van der Waals surface area (Å²) in [6.45, 7) is 7.79. The maximum atomic E-state index is 5.13. The lowest BCUT2D eigenvalue weighted by Crippen LogP contribution is -2.28. The van der Waals surface area contributed by atoms with Crippen LogP contribution in [-0.2, 0) is 4.74 Å². The van der Waals surface area contributed by atoms with Crippen molar-refractivity contribution in [1.82, 2.24) is 19.9 Å². The minimum absolute atomic E-state index is 0.0637. The van der Waals surface area contributed by atoms with Gasteiger partial charge >= 0.3 is 0 Å². The fraction of sp³-hybridized carbons (Fsp3) is 0.571. The van der Waals surface area contributed by atoms with Crippen LogP contribution in [0.15, 0.2) is 17.9 Å². The first-order valence-electron chi connectivity index (χ1n) is 6.79. The lowest BCUT2D eigenvalue weighted by molar-refractivity contribution is 0.197. The summed E-state index contributed by atoms with van der Waals surface area (Å²) in [5, 5.41) is 6.66. The lowest BCUT2D eigenvalue weighted by atomic mass is 10.2. The predicted molar refractivity (Wildman–Crippen MR) is 81.2 cm³/mol. The summed E-state index contributed by atoms with van der Waals surface area (Å²) >= 11 is 1.68.